The van der Waals surface area contributed by atoms with Crippen molar-refractivity contribution in [2.75, 3.05) is 0 Å². The van der Waals surface area contributed by atoms with Gasteiger partial charge in [0.1, 0.15) is 11.5 Å². The van der Waals surface area contributed by atoms with E-state index in [0.717, 1.165) is 39.8 Å². The summed E-state index contributed by atoms with van der Waals surface area (Å²) in [6.07, 6.45) is 5.48. The monoisotopic (exact) mass is 442 g/mol. The number of allylic oxidation sites excluding steroid dienone is 5. The number of benzene rings is 3. The van der Waals surface area contributed by atoms with E-state index < -0.39 is 0 Å². The van der Waals surface area contributed by atoms with E-state index in [4.69, 9.17) is 16.3 Å². The van der Waals surface area contributed by atoms with Gasteiger partial charge in [-0.2, -0.15) is 0 Å². The molecule has 3 aromatic rings. The van der Waals surface area contributed by atoms with Gasteiger partial charge in [0, 0.05) is 17.0 Å². The molecule has 0 aliphatic heterocycles. The van der Waals surface area contributed by atoms with E-state index >= 15 is 0 Å². The Labute approximate surface area is 197 Å². The highest BCUT2D eigenvalue weighted by Crippen LogP contribution is 2.49. The van der Waals surface area contributed by atoms with Crippen LogP contribution in [-0.4, -0.2) is 0 Å². The molecule has 0 atom stereocenters. The zero-order chi connectivity index (χ0) is 22.9. The van der Waals surface area contributed by atoms with Gasteiger partial charge in [-0.05, 0) is 78.8 Å². The maximum Gasteiger partial charge on any atom is 0.135 e. The SMILES string of the molecule is C=C/C(C)=C(\C1=C(C)CCCC1(C)C)c1ccc(Oc2cccc3ccccc23)cc1Cl. The highest BCUT2D eigenvalue weighted by atomic mass is 35.5. The molecule has 1 aliphatic rings. The van der Waals surface area contributed by atoms with E-state index in [1.165, 1.54) is 29.6 Å². The summed E-state index contributed by atoms with van der Waals surface area (Å²) in [6.45, 7) is 13.1. The Morgan fingerprint density at radius 1 is 1.06 bits per heavy atom. The Bertz CT molecular complexity index is 1240. The second kappa shape index (κ2) is 9.00. The number of rotatable bonds is 5. The molecule has 0 heterocycles. The van der Waals surface area contributed by atoms with E-state index in [1.807, 2.05) is 42.5 Å². The first kappa shape index (κ1) is 22.4. The molecule has 32 heavy (non-hydrogen) atoms. The fraction of sp³-hybridized carbons (Fsp3) is 0.267. The molecule has 0 N–H and O–H groups in total. The summed E-state index contributed by atoms with van der Waals surface area (Å²) in [4.78, 5) is 0. The molecule has 164 valence electrons. The standard InChI is InChI=1S/C30H31ClO/c1-6-20(2)28(29-21(3)11-10-18-30(29,4)5)25-17-16-23(19-26(25)31)32-27-15-9-13-22-12-7-8-14-24(22)27/h6-9,12-17,19H,1,10-11,18H2,2-5H3/b28-20-. The molecule has 0 spiro atoms. The van der Waals surface area contributed by atoms with Gasteiger partial charge in [0.15, 0.2) is 0 Å². The minimum atomic E-state index is 0.101. The third-order valence-corrected chi connectivity index (χ3v) is 6.91. The molecule has 0 saturated heterocycles. The Hall–Kier alpha value is -2.77. The van der Waals surface area contributed by atoms with Crippen molar-refractivity contribution in [1.29, 1.82) is 0 Å². The van der Waals surface area contributed by atoms with E-state index in [-0.39, 0.29) is 5.41 Å². The minimum Gasteiger partial charge on any atom is -0.457 e. The van der Waals surface area contributed by atoms with Crippen LogP contribution >= 0.6 is 11.6 Å². The van der Waals surface area contributed by atoms with Crippen molar-refractivity contribution < 1.29 is 4.74 Å². The zero-order valence-corrected chi connectivity index (χ0v) is 20.2. The van der Waals surface area contributed by atoms with Crippen LogP contribution in [-0.2, 0) is 0 Å². The molecule has 0 radical (unpaired) electrons. The maximum atomic E-state index is 6.90. The lowest BCUT2D eigenvalue weighted by atomic mass is 9.68. The van der Waals surface area contributed by atoms with Gasteiger partial charge in [0.2, 0.25) is 0 Å². The van der Waals surface area contributed by atoms with Gasteiger partial charge >= 0.3 is 0 Å². The molecule has 1 aliphatic carbocycles. The predicted octanol–water partition coefficient (Wildman–Crippen LogP) is 9.77. The number of hydrogen-bond acceptors (Lipinski definition) is 1. The number of halogens is 1. The summed E-state index contributed by atoms with van der Waals surface area (Å²) in [6, 6.07) is 20.4. The average molecular weight is 443 g/mol. The summed E-state index contributed by atoms with van der Waals surface area (Å²) in [5.41, 5.74) is 6.36. The molecule has 1 nitrogen and oxygen atoms in total. The van der Waals surface area contributed by atoms with Crippen molar-refractivity contribution >= 4 is 27.9 Å². The average Bonchev–Trinajstić information content (AvgIpc) is 2.76. The summed E-state index contributed by atoms with van der Waals surface area (Å²) in [5.74, 6) is 1.57. The van der Waals surface area contributed by atoms with Gasteiger partial charge in [0.05, 0.1) is 5.02 Å². The maximum absolute atomic E-state index is 6.90. The first-order valence-corrected chi connectivity index (χ1v) is 11.7. The van der Waals surface area contributed by atoms with E-state index in [0.29, 0.717) is 5.02 Å². The lowest BCUT2D eigenvalue weighted by molar-refractivity contribution is 0.379. The topological polar surface area (TPSA) is 9.23 Å². The van der Waals surface area contributed by atoms with Crippen LogP contribution in [0.25, 0.3) is 16.3 Å². The molecule has 0 aromatic heterocycles. The van der Waals surface area contributed by atoms with Crippen molar-refractivity contribution in [1.82, 2.24) is 0 Å². The second-order valence-corrected chi connectivity index (χ2v) is 9.78. The van der Waals surface area contributed by atoms with Gasteiger partial charge in [-0.1, -0.05) is 80.1 Å². The zero-order valence-electron chi connectivity index (χ0n) is 19.5. The minimum absolute atomic E-state index is 0.101. The van der Waals surface area contributed by atoms with E-state index in [9.17, 15) is 0 Å². The van der Waals surface area contributed by atoms with Gasteiger partial charge in [-0.15, -0.1) is 0 Å². The number of hydrogen-bond donors (Lipinski definition) is 0. The van der Waals surface area contributed by atoms with Gasteiger partial charge < -0.3 is 4.74 Å². The molecular weight excluding hydrogens is 412 g/mol. The second-order valence-electron chi connectivity index (χ2n) is 9.38. The van der Waals surface area contributed by atoms with Gasteiger partial charge in [-0.3, -0.25) is 0 Å². The molecule has 2 heteroatoms. The van der Waals surface area contributed by atoms with E-state index in [1.54, 1.807) is 0 Å². The quantitative estimate of drug-likeness (QED) is 0.357. The fourth-order valence-electron chi connectivity index (χ4n) is 4.99. The molecule has 0 fully saturated rings. The Morgan fingerprint density at radius 2 is 1.81 bits per heavy atom. The summed E-state index contributed by atoms with van der Waals surface area (Å²) < 4.78 is 6.27. The lowest BCUT2D eigenvalue weighted by Gasteiger charge is -2.37. The number of fused-ring (bicyclic) bond motifs is 1. The normalized spacial score (nSPS) is 16.7. The Balaban J connectivity index is 1.77. The van der Waals surface area contributed by atoms with Crippen molar-refractivity contribution in [3.63, 3.8) is 0 Å². The van der Waals surface area contributed by atoms with Crippen molar-refractivity contribution in [3.05, 3.63) is 101 Å². The van der Waals surface area contributed by atoms with E-state index in [2.05, 4.69) is 58.5 Å². The summed E-state index contributed by atoms with van der Waals surface area (Å²) in [7, 11) is 0. The lowest BCUT2D eigenvalue weighted by Crippen LogP contribution is -2.22. The highest BCUT2D eigenvalue weighted by Gasteiger charge is 2.32. The highest BCUT2D eigenvalue weighted by molar-refractivity contribution is 6.32. The first-order chi connectivity index (χ1) is 15.3. The van der Waals surface area contributed by atoms with Crippen LogP contribution in [0.3, 0.4) is 0 Å². The molecule has 4 rings (SSSR count). The van der Waals surface area contributed by atoms with Crippen LogP contribution in [0.15, 0.2) is 90.0 Å². The molecule has 3 aromatic carbocycles. The third-order valence-electron chi connectivity index (χ3n) is 6.59. The molecule has 0 saturated carbocycles. The molecule has 0 bridgehead atoms. The smallest absolute Gasteiger partial charge is 0.135 e. The van der Waals surface area contributed by atoms with Crippen molar-refractivity contribution in [2.45, 2.75) is 47.0 Å². The van der Waals surface area contributed by atoms with Crippen LogP contribution in [0.5, 0.6) is 11.5 Å². The number of ether oxygens (including phenoxy) is 1. The third kappa shape index (κ3) is 4.27. The van der Waals surface area contributed by atoms with Crippen LogP contribution < -0.4 is 4.74 Å². The Morgan fingerprint density at radius 3 is 2.53 bits per heavy atom. The van der Waals surface area contributed by atoms with Crippen molar-refractivity contribution in [2.24, 2.45) is 5.41 Å². The molecule has 0 amide bonds. The summed E-state index contributed by atoms with van der Waals surface area (Å²) in [5, 5.41) is 2.94. The predicted molar refractivity (Wildman–Crippen MR) is 139 cm³/mol. The fourth-order valence-corrected chi connectivity index (χ4v) is 5.26. The van der Waals surface area contributed by atoms with Crippen LogP contribution in [0.2, 0.25) is 5.02 Å². The van der Waals surface area contributed by atoms with Crippen LogP contribution in [0.1, 0.15) is 52.5 Å². The molecule has 0 unspecified atom stereocenters. The summed E-state index contributed by atoms with van der Waals surface area (Å²) >= 11 is 6.90. The van der Waals surface area contributed by atoms with Gasteiger partial charge in [-0.25, -0.2) is 0 Å². The Kier molecular flexibility index (Phi) is 6.31. The van der Waals surface area contributed by atoms with Crippen LogP contribution in [0.4, 0.5) is 0 Å². The molecular formula is C30H31ClO. The van der Waals surface area contributed by atoms with Crippen LogP contribution in [0, 0.1) is 5.41 Å². The largest absolute Gasteiger partial charge is 0.457 e. The van der Waals surface area contributed by atoms with Gasteiger partial charge in [0.25, 0.3) is 0 Å². The van der Waals surface area contributed by atoms with Crippen molar-refractivity contribution in [3.8, 4) is 11.5 Å². The first-order valence-electron chi connectivity index (χ1n) is 11.3.